The molecule has 0 saturated heterocycles. The van der Waals surface area contributed by atoms with Crippen LogP contribution in [0.4, 0.5) is 0 Å². The smallest absolute Gasteiger partial charge is 0.317 e. The van der Waals surface area contributed by atoms with Gasteiger partial charge in [-0.05, 0) is 38.3 Å². The van der Waals surface area contributed by atoms with Crippen LogP contribution in [0.15, 0.2) is 60.7 Å². The van der Waals surface area contributed by atoms with Crippen molar-refractivity contribution in [2.75, 3.05) is 0 Å². The molecule has 0 amide bonds. The average molecular weight is 412 g/mol. The highest BCUT2D eigenvalue weighted by Crippen LogP contribution is 2.21. The molecule has 0 saturated carbocycles. The molecule has 5 heteroatoms. The number of rotatable bonds is 10. The summed E-state index contributed by atoms with van der Waals surface area (Å²) in [7, 11) is 0. The average Bonchev–Trinajstić information content (AvgIpc) is 2.70. The molecule has 0 heterocycles. The predicted molar refractivity (Wildman–Crippen MR) is 117 cm³/mol. The number of carbonyl (C=O) groups excluding carboxylic acids is 2. The molecule has 5 nitrogen and oxygen atoms in total. The molecule has 0 spiro atoms. The van der Waals surface area contributed by atoms with Gasteiger partial charge in [0.1, 0.15) is 23.5 Å². The van der Waals surface area contributed by atoms with Crippen LogP contribution in [0, 0.1) is 11.8 Å². The summed E-state index contributed by atoms with van der Waals surface area (Å²) in [5, 5.41) is 0. The largest absolute Gasteiger partial charge is 0.459 e. The highest BCUT2D eigenvalue weighted by molar-refractivity contribution is 5.99. The highest BCUT2D eigenvalue weighted by Gasteiger charge is 2.33. The van der Waals surface area contributed by atoms with Crippen molar-refractivity contribution < 1.29 is 19.1 Å². The Hall–Kier alpha value is -2.50. The van der Waals surface area contributed by atoms with Crippen LogP contribution in [-0.4, -0.2) is 23.6 Å². The summed E-state index contributed by atoms with van der Waals surface area (Å²) < 4.78 is 11.3. The molecule has 0 radical (unpaired) electrons. The van der Waals surface area contributed by atoms with Crippen LogP contribution in [0.1, 0.15) is 45.2 Å². The molecule has 0 aliphatic heterocycles. The maximum Gasteiger partial charge on any atom is 0.317 e. The molecule has 2 N–H and O–H groups in total. The Kier molecular flexibility index (Phi) is 8.75. The van der Waals surface area contributed by atoms with E-state index in [4.69, 9.17) is 15.2 Å². The van der Waals surface area contributed by atoms with E-state index < -0.39 is 23.7 Å². The van der Waals surface area contributed by atoms with Crippen molar-refractivity contribution in [2.45, 2.75) is 59.0 Å². The van der Waals surface area contributed by atoms with Crippen LogP contribution < -0.4 is 5.73 Å². The first kappa shape index (κ1) is 23.8. The Bertz CT molecular complexity index is 799. The van der Waals surface area contributed by atoms with Crippen LogP contribution in [0.2, 0.25) is 0 Å². The van der Waals surface area contributed by atoms with E-state index in [1.165, 1.54) is 0 Å². The lowest BCUT2D eigenvalue weighted by molar-refractivity contribution is -0.162. The van der Waals surface area contributed by atoms with Crippen molar-refractivity contribution in [3.63, 3.8) is 0 Å². The lowest BCUT2D eigenvalue weighted by Gasteiger charge is -2.25. The number of ketones is 1. The Morgan fingerprint density at radius 1 is 0.933 bits per heavy atom. The molecule has 162 valence electrons. The molecule has 0 aliphatic carbocycles. The van der Waals surface area contributed by atoms with Gasteiger partial charge in [0.05, 0.1) is 6.61 Å². The molecule has 2 aromatic carbocycles. The fourth-order valence-corrected chi connectivity index (χ4v) is 3.06. The number of hydrogen-bond donors (Lipinski definition) is 1. The van der Waals surface area contributed by atoms with Gasteiger partial charge in [0.15, 0.2) is 0 Å². The fourth-order valence-electron chi connectivity index (χ4n) is 3.06. The van der Waals surface area contributed by atoms with Crippen LogP contribution in [-0.2, 0) is 32.1 Å². The van der Waals surface area contributed by atoms with Gasteiger partial charge < -0.3 is 15.2 Å². The first-order valence-electron chi connectivity index (χ1n) is 10.4. The van der Waals surface area contributed by atoms with E-state index in [1.807, 2.05) is 67.6 Å². The van der Waals surface area contributed by atoms with Crippen LogP contribution in [0.3, 0.4) is 0 Å². The quantitative estimate of drug-likeness (QED) is 0.359. The first-order valence-corrected chi connectivity index (χ1v) is 10.4. The summed E-state index contributed by atoms with van der Waals surface area (Å²) in [4.78, 5) is 25.8. The normalized spacial score (nSPS) is 14.6. The fraction of sp³-hybridized carbons (Fsp3) is 0.440. The second kappa shape index (κ2) is 11.0. The number of carbonyl (C=O) groups is 2. The van der Waals surface area contributed by atoms with Crippen LogP contribution >= 0.6 is 0 Å². The summed E-state index contributed by atoms with van der Waals surface area (Å²) in [5.41, 5.74) is 7.43. The number of nitrogens with two attached hydrogens (primary N) is 1. The molecule has 3 unspecified atom stereocenters. The molecule has 30 heavy (non-hydrogen) atoms. The summed E-state index contributed by atoms with van der Waals surface area (Å²) in [6.45, 7) is 7.63. The number of hydrogen-bond acceptors (Lipinski definition) is 5. The molecular formula is C25H33NO4. The van der Waals surface area contributed by atoms with Gasteiger partial charge in [-0.1, -0.05) is 67.6 Å². The molecule has 2 rings (SSSR count). The van der Waals surface area contributed by atoms with E-state index in [0.29, 0.717) is 13.0 Å². The predicted octanol–water partition coefficient (Wildman–Crippen LogP) is 4.28. The summed E-state index contributed by atoms with van der Waals surface area (Å²) in [6, 6.07) is 19.2. The van der Waals surface area contributed by atoms with Crippen LogP contribution in [0.5, 0.6) is 0 Å². The zero-order valence-electron chi connectivity index (χ0n) is 18.3. The number of ether oxygens (including phenoxy) is 2. The lowest BCUT2D eigenvalue weighted by Crippen LogP contribution is -2.37. The molecule has 0 fully saturated rings. The maximum atomic E-state index is 13.1. The van der Waals surface area contributed by atoms with Gasteiger partial charge >= 0.3 is 5.97 Å². The maximum absolute atomic E-state index is 13.1. The molecule has 0 aromatic heterocycles. The van der Waals surface area contributed by atoms with Crippen molar-refractivity contribution in [3.05, 3.63) is 71.8 Å². The third-order valence-corrected chi connectivity index (χ3v) is 4.73. The van der Waals surface area contributed by atoms with Gasteiger partial charge in [0.25, 0.3) is 0 Å². The van der Waals surface area contributed by atoms with Gasteiger partial charge in [-0.3, -0.25) is 9.59 Å². The van der Waals surface area contributed by atoms with Crippen molar-refractivity contribution in [2.24, 2.45) is 17.6 Å². The van der Waals surface area contributed by atoms with E-state index in [-0.39, 0.29) is 18.1 Å². The van der Waals surface area contributed by atoms with E-state index in [9.17, 15) is 9.59 Å². The lowest BCUT2D eigenvalue weighted by atomic mass is 9.89. The minimum Gasteiger partial charge on any atom is -0.459 e. The molecule has 0 aliphatic rings. The molecule has 0 bridgehead atoms. The first-order chi connectivity index (χ1) is 14.2. The van der Waals surface area contributed by atoms with Gasteiger partial charge in [0.2, 0.25) is 0 Å². The van der Waals surface area contributed by atoms with Crippen molar-refractivity contribution in [1.29, 1.82) is 0 Å². The van der Waals surface area contributed by atoms with Crippen LogP contribution in [0.25, 0.3) is 0 Å². The number of esters is 1. The molecular weight excluding hydrogens is 378 g/mol. The zero-order chi connectivity index (χ0) is 22.1. The Morgan fingerprint density at radius 3 is 2.00 bits per heavy atom. The zero-order valence-corrected chi connectivity index (χ0v) is 18.3. The van der Waals surface area contributed by atoms with E-state index in [2.05, 4.69) is 0 Å². The number of Topliss-reactive ketones (excluding diaryl/α,β-unsaturated/α-hetero) is 1. The second-order valence-electron chi connectivity index (χ2n) is 8.68. The topological polar surface area (TPSA) is 78.6 Å². The highest BCUT2D eigenvalue weighted by atomic mass is 16.6. The molecule has 2 aromatic rings. The van der Waals surface area contributed by atoms with Gasteiger partial charge in [-0.15, -0.1) is 0 Å². The third kappa shape index (κ3) is 8.09. The van der Waals surface area contributed by atoms with Gasteiger partial charge in [0, 0.05) is 12.3 Å². The van der Waals surface area contributed by atoms with Gasteiger partial charge in [-0.2, -0.15) is 0 Å². The van der Waals surface area contributed by atoms with Crippen molar-refractivity contribution in [3.8, 4) is 0 Å². The SMILES string of the molecule is CC(CC(=O)C(Cc1ccccc1)C(=O)OC(C)(C)C)C(N)OCc1ccccc1. The Labute approximate surface area is 179 Å². The van der Waals surface area contributed by atoms with E-state index in [1.54, 1.807) is 20.8 Å². The standard InChI is InChI=1S/C25H33NO4/c1-18(23(26)29-17-20-13-9-6-10-14-20)15-22(27)21(24(28)30-25(2,3)4)16-19-11-7-5-8-12-19/h5-14,18,21,23H,15-17,26H2,1-4H3. The minimum absolute atomic E-state index is 0.146. The monoisotopic (exact) mass is 411 g/mol. The van der Waals surface area contributed by atoms with Crippen molar-refractivity contribution in [1.82, 2.24) is 0 Å². The minimum atomic E-state index is -0.865. The Balaban J connectivity index is 2.01. The summed E-state index contributed by atoms with van der Waals surface area (Å²) in [6.07, 6.45) is -0.154. The molecule has 3 atom stereocenters. The van der Waals surface area contributed by atoms with Crippen molar-refractivity contribution >= 4 is 11.8 Å². The summed E-state index contributed by atoms with van der Waals surface area (Å²) >= 11 is 0. The van der Waals surface area contributed by atoms with E-state index in [0.717, 1.165) is 11.1 Å². The third-order valence-electron chi connectivity index (χ3n) is 4.73. The van der Waals surface area contributed by atoms with E-state index >= 15 is 0 Å². The number of benzene rings is 2. The summed E-state index contributed by atoms with van der Waals surface area (Å²) in [5.74, 6) is -1.78. The second-order valence-corrected chi connectivity index (χ2v) is 8.68. The van der Waals surface area contributed by atoms with Gasteiger partial charge in [-0.25, -0.2) is 0 Å². The Morgan fingerprint density at radius 2 is 1.47 bits per heavy atom.